The van der Waals surface area contributed by atoms with E-state index in [0.29, 0.717) is 5.71 Å². The van der Waals surface area contributed by atoms with E-state index in [4.69, 9.17) is 5.14 Å². The Balaban J connectivity index is 2.38. The molecule has 3 N–H and O–H groups in total. The summed E-state index contributed by atoms with van der Waals surface area (Å²) in [6.07, 6.45) is 0. The van der Waals surface area contributed by atoms with Crippen LogP contribution in [-0.2, 0) is 10.0 Å². The average Bonchev–Trinajstić information content (AvgIpc) is 2.51. The minimum atomic E-state index is -4.03. The number of primary sulfonamides is 1. The van der Waals surface area contributed by atoms with Gasteiger partial charge in [-0.1, -0.05) is 34.1 Å². The van der Waals surface area contributed by atoms with Crippen LogP contribution in [0.4, 0.5) is 11.4 Å². The van der Waals surface area contributed by atoms with Crippen LogP contribution in [0, 0.1) is 10.1 Å². The lowest BCUT2D eigenvalue weighted by Crippen LogP contribution is -2.12. The van der Waals surface area contributed by atoms with Gasteiger partial charge in [0.15, 0.2) is 0 Å². The van der Waals surface area contributed by atoms with Crippen molar-refractivity contribution < 1.29 is 13.3 Å². The maximum atomic E-state index is 11.3. The van der Waals surface area contributed by atoms with Crippen LogP contribution in [0.3, 0.4) is 0 Å². The smallest absolute Gasteiger partial charge is 0.271 e. The molecule has 0 bridgehead atoms. The van der Waals surface area contributed by atoms with E-state index in [9.17, 15) is 18.5 Å². The zero-order chi connectivity index (χ0) is 17.9. The molecule has 0 radical (unpaired) electrons. The van der Waals surface area contributed by atoms with E-state index in [1.165, 1.54) is 12.1 Å². The van der Waals surface area contributed by atoms with Crippen molar-refractivity contribution in [3.8, 4) is 0 Å². The van der Waals surface area contributed by atoms with E-state index in [0.717, 1.165) is 16.1 Å². The van der Waals surface area contributed by atoms with Crippen LogP contribution in [-0.4, -0.2) is 19.1 Å². The number of anilines is 1. The summed E-state index contributed by atoms with van der Waals surface area (Å²) in [6.45, 7) is 1.73. The first-order valence-corrected chi connectivity index (χ1v) is 8.90. The number of sulfonamides is 1. The van der Waals surface area contributed by atoms with E-state index in [1.54, 1.807) is 6.92 Å². The molecule has 0 aliphatic heterocycles. The highest BCUT2D eigenvalue weighted by Crippen LogP contribution is 2.27. The minimum absolute atomic E-state index is 0.0544. The van der Waals surface area contributed by atoms with Gasteiger partial charge in [-0.05, 0) is 25.1 Å². The number of benzene rings is 2. The number of nitrogens with one attached hydrogen (secondary N) is 1. The Morgan fingerprint density at radius 1 is 1.29 bits per heavy atom. The Morgan fingerprint density at radius 3 is 2.54 bits per heavy atom. The van der Waals surface area contributed by atoms with Crippen molar-refractivity contribution in [1.29, 1.82) is 0 Å². The van der Waals surface area contributed by atoms with E-state index < -0.39 is 20.6 Å². The van der Waals surface area contributed by atoms with Crippen molar-refractivity contribution in [2.24, 2.45) is 10.2 Å². The molecule has 0 unspecified atom stereocenters. The standard InChI is InChI=1S/C14H13BrN4O4S/c1-9(11-4-2-3-5-12(11)15)17-18-13-7-6-10(24(16,22)23)8-14(13)19(20)21/h2-8,18H,1H3,(H2,16,22,23)/b17-9-. The van der Waals surface area contributed by atoms with Crippen LogP contribution in [0.15, 0.2) is 56.9 Å². The number of hydrogen-bond acceptors (Lipinski definition) is 6. The fourth-order valence-corrected chi connectivity index (χ4v) is 3.00. The molecule has 2 aromatic rings. The van der Waals surface area contributed by atoms with Gasteiger partial charge in [0.1, 0.15) is 5.69 Å². The highest BCUT2D eigenvalue weighted by molar-refractivity contribution is 9.10. The highest BCUT2D eigenvalue weighted by Gasteiger charge is 2.19. The second-order valence-corrected chi connectivity index (χ2v) is 7.19. The van der Waals surface area contributed by atoms with Gasteiger partial charge in [0.25, 0.3) is 5.69 Å². The van der Waals surface area contributed by atoms with Gasteiger partial charge in [-0.2, -0.15) is 5.10 Å². The van der Waals surface area contributed by atoms with E-state index in [1.807, 2.05) is 24.3 Å². The SMILES string of the molecule is C/C(=N/Nc1ccc(S(N)(=O)=O)cc1[N+](=O)[O-])c1ccccc1Br. The predicted octanol–water partition coefficient (Wildman–Crippen LogP) is 2.84. The number of nitro benzene ring substituents is 1. The van der Waals surface area contributed by atoms with Crippen LogP contribution < -0.4 is 10.6 Å². The molecule has 126 valence electrons. The molecule has 24 heavy (non-hydrogen) atoms. The largest absolute Gasteiger partial charge is 0.295 e. The Morgan fingerprint density at radius 2 is 1.96 bits per heavy atom. The van der Waals surface area contributed by atoms with Crippen molar-refractivity contribution in [3.63, 3.8) is 0 Å². The summed E-state index contributed by atoms with van der Waals surface area (Å²) in [4.78, 5) is 10.1. The number of hydrogen-bond donors (Lipinski definition) is 2. The first-order valence-electron chi connectivity index (χ1n) is 6.56. The van der Waals surface area contributed by atoms with Gasteiger partial charge in [-0.3, -0.25) is 15.5 Å². The normalized spacial score (nSPS) is 12.0. The van der Waals surface area contributed by atoms with Crippen LogP contribution in [0.5, 0.6) is 0 Å². The van der Waals surface area contributed by atoms with E-state index in [2.05, 4.69) is 26.5 Å². The topological polar surface area (TPSA) is 128 Å². The Kier molecular flexibility index (Phi) is 5.32. The van der Waals surface area contributed by atoms with Crippen LogP contribution in [0.25, 0.3) is 0 Å². The number of nitrogens with zero attached hydrogens (tertiary/aromatic N) is 2. The van der Waals surface area contributed by atoms with E-state index >= 15 is 0 Å². The van der Waals surface area contributed by atoms with Gasteiger partial charge in [-0.15, -0.1) is 0 Å². The molecule has 0 atom stereocenters. The van der Waals surface area contributed by atoms with Gasteiger partial charge < -0.3 is 0 Å². The second kappa shape index (κ2) is 7.07. The van der Waals surface area contributed by atoms with Crippen molar-refractivity contribution in [1.82, 2.24) is 0 Å². The Bertz CT molecular complexity index is 928. The van der Waals surface area contributed by atoms with Gasteiger partial charge in [0, 0.05) is 16.1 Å². The van der Waals surface area contributed by atoms with Crippen LogP contribution in [0.2, 0.25) is 0 Å². The van der Waals surface area contributed by atoms with Crippen molar-refractivity contribution in [3.05, 3.63) is 62.6 Å². The maximum absolute atomic E-state index is 11.3. The molecular formula is C14H13BrN4O4S. The third-order valence-corrected chi connectivity index (χ3v) is 4.70. The molecule has 0 saturated heterocycles. The summed E-state index contributed by atoms with van der Waals surface area (Å²) in [5.74, 6) is 0. The Hall–Kier alpha value is -2.30. The van der Waals surface area contributed by atoms with Crippen molar-refractivity contribution >= 4 is 43.0 Å². The lowest BCUT2D eigenvalue weighted by atomic mass is 10.1. The summed E-state index contributed by atoms with van der Waals surface area (Å²) in [5.41, 5.74) is 3.61. The molecule has 8 nitrogen and oxygen atoms in total. The number of nitrogens with two attached hydrogens (primary N) is 1. The molecule has 2 rings (SSSR count). The van der Waals surface area contributed by atoms with Gasteiger partial charge >= 0.3 is 0 Å². The predicted molar refractivity (Wildman–Crippen MR) is 94.4 cm³/mol. The fraction of sp³-hybridized carbons (Fsp3) is 0.0714. The third-order valence-electron chi connectivity index (χ3n) is 3.10. The molecule has 0 fully saturated rings. The third kappa shape index (κ3) is 4.16. The van der Waals surface area contributed by atoms with Gasteiger partial charge in [-0.25, -0.2) is 13.6 Å². The molecule has 0 aromatic heterocycles. The average molecular weight is 413 g/mol. The van der Waals surface area contributed by atoms with Crippen molar-refractivity contribution in [2.75, 3.05) is 5.43 Å². The molecule has 0 saturated carbocycles. The fourth-order valence-electron chi connectivity index (χ4n) is 1.89. The number of rotatable bonds is 5. The molecule has 0 aliphatic rings. The number of hydrazone groups is 1. The highest BCUT2D eigenvalue weighted by atomic mass is 79.9. The molecule has 0 spiro atoms. The second-order valence-electron chi connectivity index (χ2n) is 4.77. The van der Waals surface area contributed by atoms with Gasteiger partial charge in [0.05, 0.1) is 15.5 Å². The molecule has 0 amide bonds. The molecule has 0 heterocycles. The molecular weight excluding hydrogens is 400 g/mol. The summed E-state index contributed by atoms with van der Waals surface area (Å²) in [5, 5.41) is 20.2. The monoisotopic (exact) mass is 412 g/mol. The summed E-state index contributed by atoms with van der Waals surface area (Å²) in [6, 6.07) is 10.7. The summed E-state index contributed by atoms with van der Waals surface area (Å²) in [7, 11) is -4.03. The number of nitro groups is 1. The quantitative estimate of drug-likeness (QED) is 0.443. The van der Waals surface area contributed by atoms with Crippen LogP contribution in [0.1, 0.15) is 12.5 Å². The number of halogens is 1. The Labute approximate surface area is 146 Å². The molecule has 10 heteroatoms. The lowest BCUT2D eigenvalue weighted by Gasteiger charge is -2.07. The lowest BCUT2D eigenvalue weighted by molar-refractivity contribution is -0.384. The first kappa shape index (κ1) is 18.0. The molecule has 2 aromatic carbocycles. The summed E-state index contributed by atoms with van der Waals surface area (Å²) >= 11 is 3.39. The van der Waals surface area contributed by atoms with Gasteiger partial charge in [0.2, 0.25) is 10.0 Å². The summed E-state index contributed by atoms with van der Waals surface area (Å²) < 4.78 is 23.4. The van der Waals surface area contributed by atoms with E-state index in [-0.39, 0.29) is 10.6 Å². The zero-order valence-electron chi connectivity index (χ0n) is 12.4. The zero-order valence-corrected chi connectivity index (χ0v) is 14.8. The molecule has 0 aliphatic carbocycles. The van der Waals surface area contributed by atoms with Crippen LogP contribution >= 0.6 is 15.9 Å². The first-order chi connectivity index (χ1) is 11.2. The minimum Gasteiger partial charge on any atom is -0.271 e. The maximum Gasteiger partial charge on any atom is 0.295 e. The van der Waals surface area contributed by atoms with Crippen molar-refractivity contribution in [2.45, 2.75) is 11.8 Å².